The highest BCUT2D eigenvalue weighted by molar-refractivity contribution is 7.99. The number of nitrogens with zero attached hydrogens (tertiary/aromatic N) is 2. The number of carbonyl (C=O) groups excluding carboxylic acids is 1. The van der Waals surface area contributed by atoms with Crippen LogP contribution in [0.2, 0.25) is 0 Å². The lowest BCUT2D eigenvalue weighted by molar-refractivity contribution is -0.118. The van der Waals surface area contributed by atoms with E-state index >= 15 is 0 Å². The zero-order valence-electron chi connectivity index (χ0n) is 17.4. The summed E-state index contributed by atoms with van der Waals surface area (Å²) in [7, 11) is 0. The molecule has 164 valence electrons. The van der Waals surface area contributed by atoms with E-state index in [2.05, 4.69) is 4.98 Å². The van der Waals surface area contributed by atoms with Crippen molar-refractivity contribution in [3.63, 3.8) is 0 Å². The van der Waals surface area contributed by atoms with Gasteiger partial charge in [0.25, 0.3) is 5.56 Å². The normalized spacial score (nSPS) is 10.9. The van der Waals surface area contributed by atoms with E-state index in [9.17, 15) is 18.8 Å². The van der Waals surface area contributed by atoms with E-state index in [0.29, 0.717) is 31.7 Å². The van der Waals surface area contributed by atoms with E-state index in [1.165, 1.54) is 33.4 Å². The van der Waals surface area contributed by atoms with Crippen molar-refractivity contribution in [1.82, 2.24) is 9.55 Å². The third-order valence-electron chi connectivity index (χ3n) is 4.58. The lowest BCUT2D eigenvalue weighted by Gasteiger charge is -2.24. The third kappa shape index (κ3) is 6.22. The first kappa shape index (κ1) is 23.7. The zero-order valence-corrected chi connectivity index (χ0v) is 18.3. The van der Waals surface area contributed by atoms with Crippen molar-refractivity contribution in [2.75, 3.05) is 22.9 Å². The standard InChI is InChI=1S/C21H29FN4O3S/c1-3-5-13-26-19(23)18(20(28)24-21(26)29)25(12-4-2)17(27)7-6-14-30-16-10-8-15(22)9-11-16/h8-11H,3-7,12-14,23H2,1-2H3,(H,24,28,29). The molecule has 30 heavy (non-hydrogen) atoms. The number of aromatic nitrogens is 2. The average Bonchev–Trinajstić information content (AvgIpc) is 2.71. The van der Waals surface area contributed by atoms with Crippen LogP contribution in [0.1, 0.15) is 46.0 Å². The van der Waals surface area contributed by atoms with E-state index < -0.39 is 11.2 Å². The quantitative estimate of drug-likeness (QED) is 0.415. The third-order valence-corrected chi connectivity index (χ3v) is 5.68. The first-order chi connectivity index (χ1) is 14.4. The molecular formula is C21H29FN4O3S. The van der Waals surface area contributed by atoms with Crippen molar-refractivity contribution in [2.24, 2.45) is 0 Å². The van der Waals surface area contributed by atoms with Crippen LogP contribution in [0.5, 0.6) is 0 Å². The minimum Gasteiger partial charge on any atom is -0.383 e. The molecule has 0 saturated carbocycles. The molecule has 9 heteroatoms. The molecule has 7 nitrogen and oxygen atoms in total. The molecule has 1 heterocycles. The van der Waals surface area contributed by atoms with Crippen molar-refractivity contribution in [1.29, 1.82) is 0 Å². The zero-order chi connectivity index (χ0) is 22.1. The number of nitrogens with two attached hydrogens (primary N) is 1. The molecule has 0 aliphatic heterocycles. The molecular weight excluding hydrogens is 407 g/mol. The second-order valence-electron chi connectivity index (χ2n) is 6.95. The maximum absolute atomic E-state index is 13.0. The van der Waals surface area contributed by atoms with Crippen molar-refractivity contribution >= 4 is 29.2 Å². The van der Waals surface area contributed by atoms with Gasteiger partial charge in [-0.1, -0.05) is 20.3 Å². The van der Waals surface area contributed by atoms with Gasteiger partial charge in [-0.15, -0.1) is 11.8 Å². The van der Waals surface area contributed by atoms with Crippen LogP contribution in [0, 0.1) is 5.82 Å². The van der Waals surface area contributed by atoms with Crippen molar-refractivity contribution in [3.8, 4) is 0 Å². The predicted molar refractivity (Wildman–Crippen MR) is 120 cm³/mol. The molecule has 1 amide bonds. The number of carbonyl (C=O) groups is 1. The molecule has 1 aromatic carbocycles. The van der Waals surface area contributed by atoms with Gasteiger partial charge in [0.2, 0.25) is 5.91 Å². The summed E-state index contributed by atoms with van der Waals surface area (Å²) >= 11 is 1.54. The van der Waals surface area contributed by atoms with Gasteiger partial charge in [0.1, 0.15) is 11.6 Å². The van der Waals surface area contributed by atoms with Crippen LogP contribution in [0.3, 0.4) is 0 Å². The summed E-state index contributed by atoms with van der Waals surface area (Å²) in [6, 6.07) is 6.20. The lowest BCUT2D eigenvalue weighted by Crippen LogP contribution is -2.41. The number of nitrogens with one attached hydrogen (secondary N) is 1. The topological polar surface area (TPSA) is 101 Å². The number of nitrogen functional groups attached to an aromatic ring is 1. The van der Waals surface area contributed by atoms with E-state index in [4.69, 9.17) is 5.73 Å². The molecule has 2 aromatic rings. The average molecular weight is 437 g/mol. The Morgan fingerprint density at radius 1 is 1.17 bits per heavy atom. The van der Waals surface area contributed by atoms with Crippen LogP contribution in [0.25, 0.3) is 0 Å². The summed E-state index contributed by atoms with van der Waals surface area (Å²) in [6.07, 6.45) is 3.07. The van der Waals surface area contributed by atoms with Gasteiger partial charge in [-0.25, -0.2) is 9.18 Å². The summed E-state index contributed by atoms with van der Waals surface area (Å²) < 4.78 is 14.3. The number of hydrogen-bond donors (Lipinski definition) is 2. The van der Waals surface area contributed by atoms with Crippen molar-refractivity contribution < 1.29 is 9.18 Å². The van der Waals surface area contributed by atoms with Crippen LogP contribution in [-0.2, 0) is 11.3 Å². The molecule has 3 N–H and O–H groups in total. The van der Waals surface area contributed by atoms with E-state index in [-0.39, 0.29) is 29.7 Å². The van der Waals surface area contributed by atoms with Crippen LogP contribution in [0.15, 0.2) is 38.8 Å². The Morgan fingerprint density at radius 3 is 2.50 bits per heavy atom. The number of benzene rings is 1. The molecule has 0 saturated heterocycles. The van der Waals surface area contributed by atoms with Gasteiger partial charge in [0.05, 0.1) is 0 Å². The number of hydrogen-bond acceptors (Lipinski definition) is 5. The van der Waals surface area contributed by atoms with E-state index in [1.807, 2.05) is 13.8 Å². The van der Waals surface area contributed by atoms with E-state index in [1.54, 1.807) is 12.1 Å². The summed E-state index contributed by atoms with van der Waals surface area (Å²) in [5.74, 6) is 0.209. The van der Waals surface area contributed by atoms with Gasteiger partial charge in [0, 0.05) is 24.4 Å². The second kappa shape index (κ2) is 11.6. The molecule has 0 bridgehead atoms. The molecule has 0 spiro atoms. The van der Waals surface area contributed by atoms with E-state index in [0.717, 1.165) is 17.7 Å². The smallest absolute Gasteiger partial charge is 0.330 e. The van der Waals surface area contributed by atoms with Gasteiger partial charge >= 0.3 is 5.69 Å². The monoisotopic (exact) mass is 436 g/mol. The molecule has 0 aliphatic carbocycles. The number of H-pyrrole nitrogens is 1. The van der Waals surface area contributed by atoms with Crippen LogP contribution < -0.4 is 21.9 Å². The van der Waals surface area contributed by atoms with Gasteiger partial charge in [-0.05, 0) is 49.3 Å². The Labute approximate surface area is 179 Å². The fraction of sp³-hybridized carbons (Fsp3) is 0.476. The number of unbranched alkanes of at least 4 members (excludes halogenated alkanes) is 1. The summed E-state index contributed by atoms with van der Waals surface area (Å²) in [4.78, 5) is 42.1. The maximum Gasteiger partial charge on any atom is 0.330 e. The van der Waals surface area contributed by atoms with Crippen LogP contribution in [0.4, 0.5) is 15.9 Å². The fourth-order valence-corrected chi connectivity index (χ4v) is 3.89. The number of thioether (sulfide) groups is 1. The predicted octanol–water partition coefficient (Wildman–Crippen LogP) is 3.37. The lowest BCUT2D eigenvalue weighted by atomic mass is 10.2. The first-order valence-electron chi connectivity index (χ1n) is 10.2. The van der Waals surface area contributed by atoms with Crippen LogP contribution >= 0.6 is 11.8 Å². The molecule has 0 atom stereocenters. The van der Waals surface area contributed by atoms with Crippen LogP contribution in [-0.4, -0.2) is 27.8 Å². The summed E-state index contributed by atoms with van der Waals surface area (Å²) in [5, 5.41) is 0. The second-order valence-corrected chi connectivity index (χ2v) is 8.12. The minimum atomic E-state index is -0.646. The molecule has 0 radical (unpaired) electrons. The number of halogens is 1. The highest BCUT2D eigenvalue weighted by Gasteiger charge is 2.23. The number of rotatable bonds is 11. The van der Waals surface area contributed by atoms with Crippen molar-refractivity contribution in [2.45, 2.75) is 57.4 Å². The fourth-order valence-electron chi connectivity index (χ4n) is 3.04. The molecule has 1 aromatic heterocycles. The summed E-state index contributed by atoms with van der Waals surface area (Å²) in [5.41, 5.74) is 4.99. The Hall–Kier alpha value is -2.55. The highest BCUT2D eigenvalue weighted by Crippen LogP contribution is 2.22. The molecule has 0 fully saturated rings. The van der Waals surface area contributed by atoms with Crippen molar-refractivity contribution in [3.05, 3.63) is 50.9 Å². The van der Waals surface area contributed by atoms with Gasteiger partial charge in [-0.3, -0.25) is 19.1 Å². The maximum atomic E-state index is 13.0. The number of aromatic amines is 1. The Morgan fingerprint density at radius 2 is 1.87 bits per heavy atom. The van der Waals surface area contributed by atoms with Gasteiger partial charge < -0.3 is 10.6 Å². The largest absolute Gasteiger partial charge is 0.383 e. The molecule has 2 rings (SSSR count). The minimum absolute atomic E-state index is 0.0275. The molecule has 0 unspecified atom stereocenters. The Bertz CT molecular complexity index is 956. The highest BCUT2D eigenvalue weighted by atomic mass is 32.2. The summed E-state index contributed by atoms with van der Waals surface area (Å²) in [6.45, 7) is 4.61. The van der Waals surface area contributed by atoms with Gasteiger partial charge in [0.15, 0.2) is 5.69 Å². The molecule has 0 aliphatic rings. The SMILES string of the molecule is CCCCn1c(N)c(N(CCC)C(=O)CCCSc2ccc(F)cc2)c(=O)[nH]c1=O. The number of anilines is 2. The van der Waals surface area contributed by atoms with Gasteiger partial charge in [-0.2, -0.15) is 0 Å². The Balaban J connectivity index is 2.12. The first-order valence-corrected chi connectivity index (χ1v) is 11.2. The number of amides is 1. The Kier molecular flexibility index (Phi) is 9.16.